The molecule has 0 radical (unpaired) electrons. The van der Waals surface area contributed by atoms with Crippen molar-refractivity contribution in [3.05, 3.63) is 29.3 Å². The third-order valence-electron chi connectivity index (χ3n) is 5.88. The maximum absolute atomic E-state index is 13.2. The number of thioether (sulfide) groups is 1. The number of carboxylic acid groups (broad SMARTS) is 1. The molecule has 0 spiro atoms. The highest BCUT2D eigenvalue weighted by Gasteiger charge is 2.35. The Morgan fingerprint density at radius 2 is 1.81 bits per heavy atom. The fourth-order valence-electron chi connectivity index (χ4n) is 4.19. The van der Waals surface area contributed by atoms with Gasteiger partial charge < -0.3 is 5.11 Å². The number of rotatable bonds is 9. The second kappa shape index (κ2) is 10.7. The summed E-state index contributed by atoms with van der Waals surface area (Å²) < 4.78 is 0. The van der Waals surface area contributed by atoms with E-state index >= 15 is 0 Å². The molecule has 2 N–H and O–H groups in total. The average Bonchev–Trinajstić information content (AvgIpc) is 2.84. The Bertz CT molecular complexity index is 896. The van der Waals surface area contributed by atoms with Gasteiger partial charge in [-0.25, -0.2) is 0 Å². The Kier molecular flexibility index (Phi) is 8.01. The van der Waals surface area contributed by atoms with Crippen LogP contribution in [-0.4, -0.2) is 40.2 Å². The minimum Gasteiger partial charge on any atom is -0.481 e. The molecule has 3 rings (SSSR count). The summed E-state index contributed by atoms with van der Waals surface area (Å²) in [7, 11) is 0. The zero-order valence-corrected chi connectivity index (χ0v) is 18.2. The fraction of sp³-hybridized carbons (Fsp3) is 0.522. The number of imide groups is 1. The van der Waals surface area contributed by atoms with E-state index in [-0.39, 0.29) is 48.6 Å². The first-order valence-electron chi connectivity index (χ1n) is 10.8. The van der Waals surface area contributed by atoms with Gasteiger partial charge in [0, 0.05) is 47.1 Å². The van der Waals surface area contributed by atoms with Crippen LogP contribution in [0.3, 0.4) is 0 Å². The second-order valence-electron chi connectivity index (χ2n) is 8.14. The van der Waals surface area contributed by atoms with Gasteiger partial charge in [0.05, 0.1) is 0 Å². The van der Waals surface area contributed by atoms with Crippen LogP contribution in [0.15, 0.2) is 23.1 Å². The van der Waals surface area contributed by atoms with Crippen molar-refractivity contribution in [3.8, 4) is 0 Å². The molecule has 1 aromatic rings. The van der Waals surface area contributed by atoms with Gasteiger partial charge in [0.15, 0.2) is 11.6 Å². The molecule has 1 aliphatic carbocycles. The number of Topliss-reactive ketones (excluding diaryl/α,β-unsaturated/α-hetero) is 2. The Morgan fingerprint density at radius 3 is 2.55 bits per heavy atom. The highest BCUT2D eigenvalue weighted by atomic mass is 32.2. The number of hydrogen-bond donors (Lipinski definition) is 2. The van der Waals surface area contributed by atoms with Crippen LogP contribution in [0, 0.1) is 11.8 Å². The van der Waals surface area contributed by atoms with Gasteiger partial charge in [-0.3, -0.25) is 29.3 Å². The molecule has 8 heteroatoms. The number of fused-ring (bicyclic) bond motifs is 1. The van der Waals surface area contributed by atoms with Gasteiger partial charge in [0.25, 0.3) is 0 Å². The molecule has 0 aromatic heterocycles. The summed E-state index contributed by atoms with van der Waals surface area (Å²) in [6.07, 6.45) is 4.15. The van der Waals surface area contributed by atoms with E-state index in [0.717, 1.165) is 23.5 Å². The van der Waals surface area contributed by atoms with Crippen LogP contribution in [0.4, 0.5) is 0 Å². The maximum Gasteiger partial charge on any atom is 0.303 e. The van der Waals surface area contributed by atoms with Crippen LogP contribution < -0.4 is 5.32 Å². The number of amides is 2. The molecule has 0 saturated carbocycles. The molecule has 2 amide bonds. The predicted octanol–water partition coefficient (Wildman–Crippen LogP) is 3.64. The molecule has 2 aliphatic rings. The summed E-state index contributed by atoms with van der Waals surface area (Å²) in [4.78, 5) is 61.0. The van der Waals surface area contributed by atoms with E-state index in [4.69, 9.17) is 5.11 Å². The van der Waals surface area contributed by atoms with Crippen LogP contribution in [0.5, 0.6) is 0 Å². The van der Waals surface area contributed by atoms with Crippen LogP contribution in [-0.2, 0) is 14.4 Å². The first-order valence-corrected chi connectivity index (χ1v) is 11.7. The maximum atomic E-state index is 13.2. The van der Waals surface area contributed by atoms with E-state index < -0.39 is 11.9 Å². The molecule has 1 saturated heterocycles. The zero-order chi connectivity index (χ0) is 22.4. The lowest BCUT2D eigenvalue weighted by atomic mass is 9.83. The van der Waals surface area contributed by atoms with Gasteiger partial charge in [-0.15, -0.1) is 11.8 Å². The van der Waals surface area contributed by atoms with Crippen molar-refractivity contribution in [1.29, 1.82) is 0 Å². The Hall–Kier alpha value is -2.48. The van der Waals surface area contributed by atoms with E-state index in [1.165, 1.54) is 11.8 Å². The van der Waals surface area contributed by atoms with E-state index in [2.05, 4.69) is 5.32 Å². The predicted molar refractivity (Wildman–Crippen MR) is 115 cm³/mol. The van der Waals surface area contributed by atoms with Crippen LogP contribution in [0.25, 0.3) is 0 Å². The molecule has 1 aromatic carbocycles. The second-order valence-corrected chi connectivity index (χ2v) is 9.28. The van der Waals surface area contributed by atoms with Crippen molar-refractivity contribution < 1.29 is 29.1 Å². The van der Waals surface area contributed by atoms with Gasteiger partial charge >= 0.3 is 5.97 Å². The van der Waals surface area contributed by atoms with Gasteiger partial charge in [-0.1, -0.05) is 18.6 Å². The minimum atomic E-state index is -0.794. The van der Waals surface area contributed by atoms with Crippen LogP contribution in [0.1, 0.15) is 78.5 Å². The van der Waals surface area contributed by atoms with Gasteiger partial charge in [-0.2, -0.15) is 0 Å². The number of benzene rings is 1. The number of ketones is 2. The molecule has 2 unspecified atom stereocenters. The summed E-state index contributed by atoms with van der Waals surface area (Å²) >= 11 is 1.52. The summed E-state index contributed by atoms with van der Waals surface area (Å²) in [6, 6.07) is 5.33. The number of aliphatic carboxylic acids is 1. The molecule has 7 nitrogen and oxygen atoms in total. The number of hydrogen-bond acceptors (Lipinski definition) is 6. The normalized spacial score (nSPS) is 21.4. The smallest absolute Gasteiger partial charge is 0.303 e. The van der Waals surface area contributed by atoms with Crippen molar-refractivity contribution in [2.45, 2.75) is 62.7 Å². The molecule has 1 aliphatic heterocycles. The Morgan fingerprint density at radius 1 is 1.03 bits per heavy atom. The number of carbonyl (C=O) groups excluding carboxylic acids is 4. The van der Waals surface area contributed by atoms with E-state index in [0.29, 0.717) is 36.8 Å². The van der Waals surface area contributed by atoms with Crippen molar-refractivity contribution in [1.82, 2.24) is 5.32 Å². The topological polar surface area (TPSA) is 118 Å². The third-order valence-corrected chi connectivity index (χ3v) is 7.02. The van der Waals surface area contributed by atoms with E-state index in [1.54, 1.807) is 12.1 Å². The quantitative estimate of drug-likeness (QED) is 0.258. The third kappa shape index (κ3) is 6.03. The molecule has 2 atom stereocenters. The van der Waals surface area contributed by atoms with Crippen molar-refractivity contribution in [3.63, 3.8) is 0 Å². The van der Waals surface area contributed by atoms with Gasteiger partial charge in [0.2, 0.25) is 11.8 Å². The molecule has 1 fully saturated rings. The Labute approximate surface area is 185 Å². The lowest BCUT2D eigenvalue weighted by Crippen LogP contribution is -2.41. The minimum absolute atomic E-state index is 0.0527. The number of nitrogens with one attached hydrogen (secondary N) is 1. The van der Waals surface area contributed by atoms with Gasteiger partial charge in [-0.05, 0) is 43.9 Å². The molecule has 0 bridgehead atoms. The van der Waals surface area contributed by atoms with Gasteiger partial charge in [0.1, 0.15) is 0 Å². The molecular formula is C23H27NO6S. The molecular weight excluding hydrogens is 418 g/mol. The number of unbranched alkanes of at least 4 members (excludes halogenated alkanes) is 2. The molecule has 31 heavy (non-hydrogen) atoms. The highest BCUT2D eigenvalue weighted by Crippen LogP contribution is 2.35. The summed E-state index contributed by atoms with van der Waals surface area (Å²) in [5.74, 6) is -1.60. The number of carbonyl (C=O) groups is 5. The monoisotopic (exact) mass is 445 g/mol. The largest absolute Gasteiger partial charge is 0.481 e. The fourth-order valence-corrected chi connectivity index (χ4v) is 5.31. The Balaban J connectivity index is 1.67. The van der Waals surface area contributed by atoms with E-state index in [9.17, 15) is 24.0 Å². The van der Waals surface area contributed by atoms with Crippen molar-refractivity contribution >= 4 is 41.1 Å². The van der Waals surface area contributed by atoms with Crippen LogP contribution in [0.2, 0.25) is 0 Å². The van der Waals surface area contributed by atoms with Crippen molar-refractivity contribution in [2.75, 3.05) is 5.75 Å². The van der Waals surface area contributed by atoms with E-state index in [1.807, 2.05) is 6.07 Å². The van der Waals surface area contributed by atoms with Crippen LogP contribution >= 0.6 is 11.8 Å². The zero-order valence-electron chi connectivity index (χ0n) is 17.4. The summed E-state index contributed by atoms with van der Waals surface area (Å²) in [6.45, 7) is 0. The lowest BCUT2D eigenvalue weighted by molar-refractivity contribution is -0.138. The van der Waals surface area contributed by atoms with Crippen molar-refractivity contribution in [2.24, 2.45) is 11.8 Å². The molecule has 166 valence electrons. The first-order chi connectivity index (χ1) is 14.9. The summed E-state index contributed by atoms with van der Waals surface area (Å²) in [5, 5.41) is 11.0. The first kappa shape index (κ1) is 23.2. The summed E-state index contributed by atoms with van der Waals surface area (Å²) in [5.41, 5.74) is 0.907. The lowest BCUT2D eigenvalue weighted by Gasteiger charge is -2.24. The standard InChI is InChI=1S/C23H27NO6S/c25-17-10-8-14(13-15-9-11-19(26)24-23(15)30)22(29)16-5-4-6-18(21(16)17)31-12-3-1-2-7-20(27)28/h4-6,14-15H,1-3,7-13H2,(H,27,28)(H,24,26,30). The number of piperidine rings is 1. The average molecular weight is 446 g/mol. The number of carboxylic acids is 1. The highest BCUT2D eigenvalue weighted by molar-refractivity contribution is 7.99. The SMILES string of the molecule is O=C(O)CCCCCSc1cccc2c1C(=O)CCC(CC1CCC(=O)NC1=O)C2=O. The molecule has 1 heterocycles.